The van der Waals surface area contributed by atoms with Crippen molar-refractivity contribution >= 4 is 31.4 Å². The number of hydrogen-bond acceptors (Lipinski definition) is 7. The minimum absolute atomic E-state index is 0.0166. The van der Waals surface area contributed by atoms with Crippen LogP contribution in [0, 0.1) is 5.92 Å². The first kappa shape index (κ1) is 30.7. The molecule has 0 bridgehead atoms. The second kappa shape index (κ2) is 13.6. The largest absolute Gasteiger partial charge is 0.508 e. The van der Waals surface area contributed by atoms with Gasteiger partial charge in [-0.2, -0.15) is 0 Å². The van der Waals surface area contributed by atoms with Gasteiger partial charge < -0.3 is 9.84 Å². The summed E-state index contributed by atoms with van der Waals surface area (Å²) >= 11 is 1.77. The van der Waals surface area contributed by atoms with Crippen molar-refractivity contribution in [2.45, 2.75) is 64.0 Å². The Labute approximate surface area is 247 Å². The highest BCUT2D eigenvalue weighted by Gasteiger charge is 2.19. The van der Waals surface area contributed by atoms with Crippen LogP contribution in [0.4, 0.5) is 0 Å². The molecule has 216 valence electrons. The summed E-state index contributed by atoms with van der Waals surface area (Å²) in [6.07, 6.45) is 4.80. The number of thioether (sulfide) groups is 1. The van der Waals surface area contributed by atoms with Gasteiger partial charge in [-0.15, -0.1) is 11.8 Å². The lowest BCUT2D eigenvalue weighted by molar-refractivity contribution is 0.474. The topological polar surface area (TPSA) is 97.7 Å². The zero-order chi connectivity index (χ0) is 29.5. The maximum absolute atomic E-state index is 13.2. The molecule has 41 heavy (non-hydrogen) atoms. The zero-order valence-corrected chi connectivity index (χ0v) is 25.5. The van der Waals surface area contributed by atoms with E-state index in [-0.39, 0.29) is 25.3 Å². The average molecular weight is 611 g/mol. The van der Waals surface area contributed by atoms with Gasteiger partial charge in [-0.3, -0.25) is 0 Å². The molecule has 0 fully saturated rings. The Kier molecular flexibility index (Phi) is 10.2. The predicted octanol–water partition coefficient (Wildman–Crippen LogP) is 8.16. The predicted molar refractivity (Wildman–Crippen MR) is 162 cm³/mol. The lowest BCUT2D eigenvalue weighted by Gasteiger charge is -2.14. The molecule has 0 saturated carbocycles. The highest BCUT2D eigenvalue weighted by Crippen LogP contribution is 2.30. The Balaban J connectivity index is 1.39. The van der Waals surface area contributed by atoms with E-state index >= 15 is 0 Å². The molecule has 1 atom stereocenters. The SMILES string of the molecule is CCCCC(CC)CSc1ccc(S(=O)(=O)c2ccc(Oc3ccc(S(=O)(=O)c4ccc(O)cc4)cc3)cc2)cc1. The van der Waals surface area contributed by atoms with Gasteiger partial charge in [0.25, 0.3) is 0 Å². The Morgan fingerprint density at radius 2 is 1.07 bits per heavy atom. The fourth-order valence-electron chi connectivity index (χ4n) is 4.23. The summed E-state index contributed by atoms with van der Waals surface area (Å²) in [5, 5.41) is 9.41. The van der Waals surface area contributed by atoms with Crippen molar-refractivity contribution in [2.75, 3.05) is 5.75 Å². The van der Waals surface area contributed by atoms with Crippen molar-refractivity contribution in [3.63, 3.8) is 0 Å². The van der Waals surface area contributed by atoms with Gasteiger partial charge in [-0.05, 0) is 109 Å². The monoisotopic (exact) mass is 610 g/mol. The van der Waals surface area contributed by atoms with Crippen LogP contribution in [0.3, 0.4) is 0 Å². The third-order valence-electron chi connectivity index (χ3n) is 6.81. The van der Waals surface area contributed by atoms with Gasteiger partial charge in [-0.1, -0.05) is 33.1 Å². The molecule has 0 amide bonds. The third kappa shape index (κ3) is 7.72. The van der Waals surface area contributed by atoms with Crippen molar-refractivity contribution in [2.24, 2.45) is 5.92 Å². The van der Waals surface area contributed by atoms with E-state index in [1.54, 1.807) is 36.0 Å². The summed E-state index contributed by atoms with van der Waals surface area (Å²) in [5.41, 5.74) is 0. The van der Waals surface area contributed by atoms with Crippen LogP contribution in [-0.4, -0.2) is 27.7 Å². The van der Waals surface area contributed by atoms with Gasteiger partial charge in [0.05, 0.1) is 19.6 Å². The molecule has 0 saturated heterocycles. The number of sulfone groups is 2. The summed E-state index contributed by atoms with van der Waals surface area (Å²) in [7, 11) is -7.43. The van der Waals surface area contributed by atoms with Crippen LogP contribution in [0.2, 0.25) is 0 Å². The summed E-state index contributed by atoms with van der Waals surface area (Å²) < 4.78 is 57.8. The number of benzene rings is 4. The fraction of sp³-hybridized carbons (Fsp3) is 0.250. The third-order valence-corrected chi connectivity index (χ3v) is 11.6. The molecule has 0 spiro atoms. The fourth-order valence-corrected chi connectivity index (χ4v) is 7.92. The van der Waals surface area contributed by atoms with Gasteiger partial charge in [0, 0.05) is 10.6 Å². The second-order valence-corrected chi connectivity index (χ2v) is 14.7. The van der Waals surface area contributed by atoms with Gasteiger partial charge >= 0.3 is 0 Å². The van der Waals surface area contributed by atoms with Crippen LogP contribution >= 0.6 is 11.8 Å². The summed E-state index contributed by atoms with van der Waals surface area (Å²) in [5.74, 6) is 2.50. The molecular weight excluding hydrogens is 577 g/mol. The van der Waals surface area contributed by atoms with Crippen molar-refractivity contribution in [3.05, 3.63) is 97.1 Å². The Morgan fingerprint density at radius 3 is 1.49 bits per heavy atom. The quantitative estimate of drug-likeness (QED) is 0.153. The minimum atomic E-state index is -3.74. The standard InChI is InChI=1S/C32H34O6S3/c1-3-5-6-24(4-2)23-39-28-13-21-32(22-14-28)41(36,37)31-19-11-27(12-20-31)38-26-9-17-30(18-10-26)40(34,35)29-15-7-25(33)8-16-29/h7-22,24,33H,3-6,23H2,1-2H3. The van der Waals surface area contributed by atoms with E-state index in [1.807, 2.05) is 12.1 Å². The molecule has 1 N–H and O–H groups in total. The first-order chi connectivity index (χ1) is 19.6. The molecule has 4 aromatic carbocycles. The van der Waals surface area contributed by atoms with Crippen LogP contribution in [0.15, 0.2) is 122 Å². The number of hydrogen-bond donors (Lipinski definition) is 1. The highest BCUT2D eigenvalue weighted by molar-refractivity contribution is 7.99. The normalized spacial score (nSPS) is 12.6. The van der Waals surface area contributed by atoms with Crippen molar-refractivity contribution in [1.82, 2.24) is 0 Å². The van der Waals surface area contributed by atoms with Gasteiger partial charge in [0.15, 0.2) is 0 Å². The molecule has 0 radical (unpaired) electrons. The van der Waals surface area contributed by atoms with E-state index in [2.05, 4.69) is 13.8 Å². The van der Waals surface area contributed by atoms with E-state index in [0.717, 1.165) is 17.1 Å². The highest BCUT2D eigenvalue weighted by atomic mass is 32.2. The van der Waals surface area contributed by atoms with Crippen LogP contribution in [-0.2, 0) is 19.7 Å². The lowest BCUT2D eigenvalue weighted by Crippen LogP contribution is -2.03. The number of rotatable bonds is 13. The minimum Gasteiger partial charge on any atom is -0.508 e. The molecule has 0 aromatic heterocycles. The summed E-state index contributed by atoms with van der Waals surface area (Å²) in [6, 6.07) is 24.4. The first-order valence-electron chi connectivity index (χ1n) is 13.5. The van der Waals surface area contributed by atoms with E-state index in [1.165, 1.54) is 79.9 Å². The van der Waals surface area contributed by atoms with Crippen molar-refractivity contribution < 1.29 is 26.7 Å². The second-order valence-electron chi connectivity index (χ2n) is 9.74. The molecule has 0 aliphatic carbocycles. The molecule has 9 heteroatoms. The van der Waals surface area contributed by atoms with E-state index in [9.17, 15) is 21.9 Å². The number of unbranched alkanes of at least 4 members (excludes halogenated alkanes) is 1. The molecule has 6 nitrogen and oxygen atoms in total. The first-order valence-corrected chi connectivity index (χ1v) is 17.5. The maximum Gasteiger partial charge on any atom is 0.206 e. The van der Waals surface area contributed by atoms with E-state index in [4.69, 9.17) is 4.74 Å². The maximum atomic E-state index is 13.2. The Hall–Kier alpha value is -3.27. The van der Waals surface area contributed by atoms with Gasteiger partial charge in [0.2, 0.25) is 19.7 Å². The molecule has 1 unspecified atom stereocenters. The van der Waals surface area contributed by atoms with Crippen LogP contribution in [0.5, 0.6) is 17.2 Å². The molecule has 4 aromatic rings. The van der Waals surface area contributed by atoms with E-state index in [0.29, 0.717) is 17.4 Å². The van der Waals surface area contributed by atoms with Crippen molar-refractivity contribution in [3.8, 4) is 17.2 Å². The van der Waals surface area contributed by atoms with Crippen LogP contribution in [0.25, 0.3) is 0 Å². The lowest BCUT2D eigenvalue weighted by atomic mass is 10.0. The number of aromatic hydroxyl groups is 1. The number of phenols is 1. The smallest absolute Gasteiger partial charge is 0.206 e. The molecular formula is C32H34O6S3. The number of phenolic OH excluding ortho intramolecular Hbond substituents is 1. The van der Waals surface area contributed by atoms with Crippen LogP contribution < -0.4 is 4.74 Å². The van der Waals surface area contributed by atoms with Gasteiger partial charge in [-0.25, -0.2) is 16.8 Å². The summed E-state index contributed by atoms with van der Waals surface area (Å²) in [4.78, 5) is 1.61. The molecule has 4 rings (SSSR count). The summed E-state index contributed by atoms with van der Waals surface area (Å²) in [6.45, 7) is 4.42. The van der Waals surface area contributed by atoms with E-state index < -0.39 is 19.7 Å². The molecule has 0 heterocycles. The van der Waals surface area contributed by atoms with Gasteiger partial charge in [0.1, 0.15) is 17.2 Å². The number of ether oxygens (including phenoxy) is 1. The zero-order valence-electron chi connectivity index (χ0n) is 23.1. The molecule has 0 aliphatic rings. The van der Waals surface area contributed by atoms with Crippen molar-refractivity contribution in [1.29, 1.82) is 0 Å². The Morgan fingerprint density at radius 1 is 0.659 bits per heavy atom. The molecule has 0 aliphatic heterocycles. The average Bonchev–Trinajstić information content (AvgIpc) is 2.98. The Bertz CT molecular complexity index is 1630. The van der Waals surface area contributed by atoms with Crippen LogP contribution in [0.1, 0.15) is 39.5 Å².